The Kier molecular flexibility index (Phi) is 4.51. The highest BCUT2D eigenvalue weighted by Gasteiger charge is 2.56. The molecule has 1 amide bonds. The molecule has 4 rings (SSSR count). The van der Waals surface area contributed by atoms with Crippen LogP contribution < -0.4 is 0 Å². The van der Waals surface area contributed by atoms with Crippen LogP contribution in [0.2, 0.25) is 0 Å². The summed E-state index contributed by atoms with van der Waals surface area (Å²) in [5.74, 6) is -0.527. The van der Waals surface area contributed by atoms with E-state index in [1.165, 1.54) is 5.56 Å². The maximum Gasteiger partial charge on any atom is 0.308 e. The first kappa shape index (κ1) is 17.5. The first-order valence-corrected chi connectivity index (χ1v) is 9.78. The highest BCUT2D eigenvalue weighted by molar-refractivity contribution is 5.85. The van der Waals surface area contributed by atoms with Crippen LogP contribution in [0, 0.1) is 23.2 Å². The summed E-state index contributed by atoms with van der Waals surface area (Å²) in [7, 11) is 0. The highest BCUT2D eigenvalue weighted by Crippen LogP contribution is 2.50. The second-order valence-electron chi connectivity index (χ2n) is 8.53. The van der Waals surface area contributed by atoms with Gasteiger partial charge in [0.15, 0.2) is 0 Å². The van der Waals surface area contributed by atoms with E-state index in [4.69, 9.17) is 0 Å². The SMILES string of the molecule is C[C@@H]1CN(C(=O)[C@@]23CCC[C@@H]2CN(Cc2ccccc2)C3)C[C@H]1C(=O)O. The topological polar surface area (TPSA) is 60.9 Å². The summed E-state index contributed by atoms with van der Waals surface area (Å²) in [5, 5.41) is 9.39. The fraction of sp³-hybridized carbons (Fsp3) is 0.619. The van der Waals surface area contributed by atoms with Gasteiger partial charge in [0.1, 0.15) is 0 Å². The quantitative estimate of drug-likeness (QED) is 0.900. The number of rotatable bonds is 4. The minimum Gasteiger partial charge on any atom is -0.481 e. The molecule has 2 saturated heterocycles. The van der Waals surface area contributed by atoms with E-state index in [0.717, 1.165) is 38.9 Å². The molecule has 5 nitrogen and oxygen atoms in total. The largest absolute Gasteiger partial charge is 0.481 e. The van der Waals surface area contributed by atoms with Crippen LogP contribution in [0.1, 0.15) is 31.7 Å². The Hall–Kier alpha value is -1.88. The summed E-state index contributed by atoms with van der Waals surface area (Å²) in [6, 6.07) is 10.4. The Balaban J connectivity index is 1.49. The number of benzene rings is 1. The molecule has 140 valence electrons. The van der Waals surface area contributed by atoms with Crippen molar-refractivity contribution >= 4 is 11.9 Å². The zero-order valence-corrected chi connectivity index (χ0v) is 15.4. The number of hydrogen-bond donors (Lipinski definition) is 1. The number of carboxylic acids is 1. The highest BCUT2D eigenvalue weighted by atomic mass is 16.4. The van der Waals surface area contributed by atoms with E-state index in [2.05, 4.69) is 29.2 Å². The number of aliphatic carboxylic acids is 1. The van der Waals surface area contributed by atoms with Crippen LogP contribution in [0.3, 0.4) is 0 Å². The van der Waals surface area contributed by atoms with Gasteiger partial charge in [-0.25, -0.2) is 0 Å². The number of amides is 1. The third-order valence-electron chi connectivity index (χ3n) is 6.83. The molecule has 1 aliphatic carbocycles. The van der Waals surface area contributed by atoms with Gasteiger partial charge in [0, 0.05) is 32.7 Å². The molecule has 3 fully saturated rings. The van der Waals surface area contributed by atoms with Crippen LogP contribution in [-0.4, -0.2) is 53.0 Å². The second kappa shape index (κ2) is 6.69. The number of nitrogens with zero attached hydrogens (tertiary/aromatic N) is 2. The molecular formula is C21H28N2O3. The number of hydrogen-bond acceptors (Lipinski definition) is 3. The summed E-state index contributed by atoms with van der Waals surface area (Å²) in [5.41, 5.74) is 0.998. The van der Waals surface area contributed by atoms with Crippen molar-refractivity contribution in [3.63, 3.8) is 0 Å². The predicted molar refractivity (Wildman–Crippen MR) is 98.4 cm³/mol. The van der Waals surface area contributed by atoms with Crippen molar-refractivity contribution in [1.82, 2.24) is 9.80 Å². The third-order valence-corrected chi connectivity index (χ3v) is 6.83. The van der Waals surface area contributed by atoms with Gasteiger partial charge < -0.3 is 10.0 Å². The summed E-state index contributed by atoms with van der Waals surface area (Å²) in [4.78, 5) is 29.2. The van der Waals surface area contributed by atoms with E-state index >= 15 is 0 Å². The molecule has 0 aromatic heterocycles. The van der Waals surface area contributed by atoms with Gasteiger partial charge in [-0.05, 0) is 30.2 Å². The summed E-state index contributed by atoms with van der Waals surface area (Å²) in [6.07, 6.45) is 3.18. The normalized spacial score (nSPS) is 34.2. The number of fused-ring (bicyclic) bond motifs is 1. The zero-order chi connectivity index (χ0) is 18.3. The van der Waals surface area contributed by atoms with Crippen molar-refractivity contribution in [2.45, 2.75) is 32.7 Å². The van der Waals surface area contributed by atoms with Gasteiger partial charge in [0.2, 0.25) is 5.91 Å². The molecule has 1 saturated carbocycles. The zero-order valence-electron chi connectivity index (χ0n) is 15.4. The van der Waals surface area contributed by atoms with E-state index in [1.807, 2.05) is 17.9 Å². The average molecular weight is 356 g/mol. The first-order chi connectivity index (χ1) is 12.5. The molecule has 4 atom stereocenters. The molecule has 0 radical (unpaired) electrons. The minimum absolute atomic E-state index is 0.0366. The van der Waals surface area contributed by atoms with Gasteiger partial charge in [0.05, 0.1) is 11.3 Å². The Morgan fingerprint density at radius 3 is 2.65 bits per heavy atom. The molecule has 0 unspecified atom stereocenters. The van der Waals surface area contributed by atoms with Crippen LogP contribution >= 0.6 is 0 Å². The van der Waals surface area contributed by atoms with Crippen LogP contribution in [0.4, 0.5) is 0 Å². The maximum absolute atomic E-state index is 13.5. The van der Waals surface area contributed by atoms with Gasteiger partial charge in [-0.3, -0.25) is 14.5 Å². The third kappa shape index (κ3) is 2.92. The number of carbonyl (C=O) groups is 2. The van der Waals surface area contributed by atoms with Crippen LogP contribution in [-0.2, 0) is 16.1 Å². The lowest BCUT2D eigenvalue weighted by atomic mass is 9.79. The number of carbonyl (C=O) groups excluding carboxylic acids is 1. The Morgan fingerprint density at radius 2 is 1.96 bits per heavy atom. The fourth-order valence-corrected chi connectivity index (χ4v) is 5.47. The Morgan fingerprint density at radius 1 is 1.19 bits per heavy atom. The van der Waals surface area contributed by atoms with Crippen molar-refractivity contribution in [2.75, 3.05) is 26.2 Å². The van der Waals surface area contributed by atoms with Gasteiger partial charge in [-0.1, -0.05) is 43.7 Å². The molecule has 3 aliphatic rings. The van der Waals surface area contributed by atoms with Crippen molar-refractivity contribution < 1.29 is 14.7 Å². The molecule has 26 heavy (non-hydrogen) atoms. The van der Waals surface area contributed by atoms with Crippen molar-refractivity contribution in [2.24, 2.45) is 23.2 Å². The standard InChI is InChI=1S/C21H28N2O3/c1-15-10-23(13-18(15)19(24)25)20(26)21-9-5-8-17(21)12-22(14-21)11-16-6-3-2-4-7-16/h2-4,6-7,15,17-18H,5,8-14H2,1H3,(H,24,25)/t15-,17-,18-,21-/m1/s1. The minimum atomic E-state index is -0.773. The molecule has 1 aromatic rings. The predicted octanol–water partition coefficient (Wildman–Crippen LogP) is 2.47. The Bertz CT molecular complexity index is 692. The van der Waals surface area contributed by atoms with E-state index in [9.17, 15) is 14.7 Å². The average Bonchev–Trinajstić information content (AvgIpc) is 3.27. The molecule has 0 spiro atoms. The van der Waals surface area contributed by atoms with Crippen molar-refractivity contribution in [3.8, 4) is 0 Å². The first-order valence-electron chi connectivity index (χ1n) is 9.78. The molecule has 5 heteroatoms. The van der Waals surface area contributed by atoms with Crippen LogP contribution in [0.15, 0.2) is 30.3 Å². The van der Waals surface area contributed by atoms with E-state index in [0.29, 0.717) is 19.0 Å². The van der Waals surface area contributed by atoms with Crippen LogP contribution in [0.25, 0.3) is 0 Å². The lowest BCUT2D eigenvalue weighted by Crippen LogP contribution is -2.46. The summed E-state index contributed by atoms with van der Waals surface area (Å²) in [6.45, 7) is 5.60. The van der Waals surface area contributed by atoms with Gasteiger partial charge >= 0.3 is 5.97 Å². The summed E-state index contributed by atoms with van der Waals surface area (Å²) < 4.78 is 0. The van der Waals surface area contributed by atoms with Gasteiger partial charge in [-0.15, -0.1) is 0 Å². The maximum atomic E-state index is 13.5. The van der Waals surface area contributed by atoms with Crippen LogP contribution in [0.5, 0.6) is 0 Å². The summed E-state index contributed by atoms with van der Waals surface area (Å²) >= 11 is 0. The molecule has 1 aromatic carbocycles. The lowest BCUT2D eigenvalue weighted by Gasteiger charge is -2.32. The van der Waals surface area contributed by atoms with Crippen molar-refractivity contribution in [1.29, 1.82) is 0 Å². The molecule has 2 heterocycles. The van der Waals surface area contributed by atoms with Gasteiger partial charge in [-0.2, -0.15) is 0 Å². The van der Waals surface area contributed by atoms with Crippen molar-refractivity contribution in [3.05, 3.63) is 35.9 Å². The molecule has 1 N–H and O–H groups in total. The second-order valence-corrected chi connectivity index (χ2v) is 8.53. The van der Waals surface area contributed by atoms with Gasteiger partial charge in [0.25, 0.3) is 0 Å². The lowest BCUT2D eigenvalue weighted by molar-refractivity contribution is -0.144. The Labute approximate surface area is 155 Å². The van der Waals surface area contributed by atoms with E-state index in [-0.39, 0.29) is 17.2 Å². The molecular weight excluding hydrogens is 328 g/mol. The molecule has 0 bridgehead atoms. The number of likely N-dealkylation sites (tertiary alicyclic amines) is 2. The number of carboxylic acid groups (broad SMARTS) is 1. The van der Waals surface area contributed by atoms with E-state index < -0.39 is 11.9 Å². The fourth-order valence-electron chi connectivity index (χ4n) is 5.47. The monoisotopic (exact) mass is 356 g/mol. The molecule has 2 aliphatic heterocycles. The smallest absolute Gasteiger partial charge is 0.308 e. The van der Waals surface area contributed by atoms with E-state index in [1.54, 1.807) is 0 Å².